The molecular weight excluding hydrogens is 182 g/mol. The Morgan fingerprint density at radius 2 is 1.53 bits per heavy atom. The Hall–Kier alpha value is -0.330. The minimum atomic E-state index is 0.439. The molecule has 3 atom stereocenters. The van der Waals surface area contributed by atoms with Crippen molar-refractivity contribution in [2.24, 2.45) is 23.7 Å². The normalized spacial score (nSPS) is 17.5. The Balaban J connectivity index is 4.19. The molecule has 1 N–H and O–H groups in total. The van der Waals surface area contributed by atoms with E-state index in [1.165, 1.54) is 19.3 Å². The fourth-order valence-corrected chi connectivity index (χ4v) is 2.25. The van der Waals surface area contributed by atoms with Crippen LogP contribution in [0.1, 0.15) is 60.8 Å². The van der Waals surface area contributed by atoms with Crippen LogP contribution in [0.3, 0.4) is 0 Å². The van der Waals surface area contributed by atoms with Gasteiger partial charge < -0.3 is 5.41 Å². The molecule has 0 saturated heterocycles. The largest absolute Gasteiger partial charge is 0.310 e. The third-order valence-electron chi connectivity index (χ3n) is 4.23. The van der Waals surface area contributed by atoms with E-state index in [9.17, 15) is 0 Å². The Labute approximate surface area is 96.2 Å². The molecule has 15 heavy (non-hydrogen) atoms. The number of hydrogen-bond acceptors (Lipinski definition) is 1. The second kappa shape index (κ2) is 7.03. The van der Waals surface area contributed by atoms with Gasteiger partial charge in [0.15, 0.2) is 0 Å². The van der Waals surface area contributed by atoms with E-state index in [-0.39, 0.29) is 0 Å². The van der Waals surface area contributed by atoms with Crippen LogP contribution < -0.4 is 0 Å². The lowest BCUT2D eigenvalue weighted by atomic mass is 9.77. The first-order chi connectivity index (χ1) is 6.93. The molecule has 0 rings (SSSR count). The summed E-state index contributed by atoms with van der Waals surface area (Å²) in [7, 11) is 0. The number of nitrogens with one attached hydrogen (secondary N) is 1. The van der Waals surface area contributed by atoms with Crippen LogP contribution in [-0.2, 0) is 0 Å². The van der Waals surface area contributed by atoms with E-state index < -0.39 is 0 Å². The van der Waals surface area contributed by atoms with Crippen molar-refractivity contribution in [2.45, 2.75) is 60.8 Å². The lowest BCUT2D eigenvalue weighted by Gasteiger charge is -2.28. The highest BCUT2D eigenvalue weighted by Crippen LogP contribution is 2.29. The zero-order valence-corrected chi connectivity index (χ0v) is 11.4. The van der Waals surface area contributed by atoms with Gasteiger partial charge in [-0.15, -0.1) is 0 Å². The van der Waals surface area contributed by atoms with E-state index >= 15 is 0 Å². The average Bonchev–Trinajstić information content (AvgIpc) is 2.23. The van der Waals surface area contributed by atoms with Gasteiger partial charge >= 0.3 is 0 Å². The van der Waals surface area contributed by atoms with Crippen molar-refractivity contribution in [1.82, 2.24) is 0 Å². The van der Waals surface area contributed by atoms with Crippen LogP contribution in [0.5, 0.6) is 0 Å². The molecule has 0 aromatic heterocycles. The van der Waals surface area contributed by atoms with Crippen molar-refractivity contribution >= 4 is 5.71 Å². The maximum absolute atomic E-state index is 7.70. The molecular formula is C14H29N. The summed E-state index contributed by atoms with van der Waals surface area (Å²) in [6, 6.07) is 0. The fourth-order valence-electron chi connectivity index (χ4n) is 2.25. The van der Waals surface area contributed by atoms with Crippen LogP contribution in [0, 0.1) is 29.1 Å². The number of rotatable bonds is 7. The van der Waals surface area contributed by atoms with Crippen LogP contribution in [0.4, 0.5) is 0 Å². The van der Waals surface area contributed by atoms with Gasteiger partial charge in [0.2, 0.25) is 0 Å². The van der Waals surface area contributed by atoms with Crippen LogP contribution >= 0.6 is 0 Å². The van der Waals surface area contributed by atoms with Crippen molar-refractivity contribution in [2.75, 3.05) is 0 Å². The quantitative estimate of drug-likeness (QED) is 0.587. The van der Waals surface area contributed by atoms with Gasteiger partial charge in [0, 0.05) is 5.71 Å². The van der Waals surface area contributed by atoms with E-state index in [0.29, 0.717) is 11.8 Å². The lowest BCUT2D eigenvalue weighted by molar-refractivity contribution is 0.262. The van der Waals surface area contributed by atoms with Crippen LogP contribution in [0.15, 0.2) is 0 Å². The minimum absolute atomic E-state index is 0.439. The predicted octanol–water partition coefficient (Wildman–Crippen LogP) is 4.76. The summed E-state index contributed by atoms with van der Waals surface area (Å²) in [6.07, 6.45) is 3.92. The van der Waals surface area contributed by atoms with E-state index in [0.717, 1.165) is 17.5 Å². The molecule has 0 aromatic rings. The number of hydrogen-bond donors (Lipinski definition) is 1. The molecule has 0 spiro atoms. The second-order valence-corrected chi connectivity index (χ2v) is 5.23. The van der Waals surface area contributed by atoms with E-state index in [2.05, 4.69) is 34.6 Å². The standard InChI is InChI=1S/C14H29N/c1-7-14(8-2)9-10(3)11(4)12(5)13(6)15/h10-12,14-15H,7-9H2,1-6H3. The van der Waals surface area contributed by atoms with E-state index in [4.69, 9.17) is 5.41 Å². The summed E-state index contributed by atoms with van der Waals surface area (Å²) in [4.78, 5) is 0. The van der Waals surface area contributed by atoms with Gasteiger partial charge in [-0.3, -0.25) is 0 Å². The van der Waals surface area contributed by atoms with Crippen LogP contribution in [0.2, 0.25) is 0 Å². The molecule has 0 fully saturated rings. The van der Waals surface area contributed by atoms with Gasteiger partial charge in [0.05, 0.1) is 0 Å². The SMILES string of the molecule is CCC(CC)CC(C)C(C)C(C)C(C)=N. The monoisotopic (exact) mass is 211 g/mol. The summed E-state index contributed by atoms with van der Waals surface area (Å²) in [5, 5.41) is 7.70. The molecule has 0 heterocycles. The molecule has 0 aliphatic carbocycles. The predicted molar refractivity (Wildman–Crippen MR) is 69.6 cm³/mol. The van der Waals surface area contributed by atoms with Crippen molar-refractivity contribution in [3.63, 3.8) is 0 Å². The van der Waals surface area contributed by atoms with Gasteiger partial charge in [-0.2, -0.15) is 0 Å². The highest BCUT2D eigenvalue weighted by molar-refractivity contribution is 5.81. The van der Waals surface area contributed by atoms with E-state index in [1.54, 1.807) is 0 Å². The minimum Gasteiger partial charge on any atom is -0.310 e. The van der Waals surface area contributed by atoms with Gasteiger partial charge in [-0.05, 0) is 37.0 Å². The third-order valence-corrected chi connectivity index (χ3v) is 4.23. The third kappa shape index (κ3) is 4.81. The molecule has 0 saturated carbocycles. The maximum atomic E-state index is 7.70. The summed E-state index contributed by atoms with van der Waals surface area (Å²) in [6.45, 7) is 13.4. The van der Waals surface area contributed by atoms with Crippen LogP contribution in [-0.4, -0.2) is 5.71 Å². The van der Waals surface area contributed by atoms with Crippen LogP contribution in [0.25, 0.3) is 0 Å². The summed E-state index contributed by atoms with van der Waals surface area (Å²) in [5.41, 5.74) is 0.832. The smallest absolute Gasteiger partial charge is 0.00891 e. The molecule has 90 valence electrons. The molecule has 1 heteroatoms. The average molecular weight is 211 g/mol. The highest BCUT2D eigenvalue weighted by atomic mass is 14.4. The Kier molecular flexibility index (Phi) is 6.87. The molecule has 0 radical (unpaired) electrons. The zero-order chi connectivity index (χ0) is 12.0. The summed E-state index contributed by atoms with van der Waals surface area (Å²) < 4.78 is 0. The molecule has 1 nitrogen and oxygen atoms in total. The van der Waals surface area contributed by atoms with Crippen molar-refractivity contribution in [3.05, 3.63) is 0 Å². The van der Waals surface area contributed by atoms with E-state index in [1.807, 2.05) is 6.92 Å². The summed E-state index contributed by atoms with van der Waals surface area (Å²) >= 11 is 0. The Morgan fingerprint density at radius 3 is 1.87 bits per heavy atom. The Morgan fingerprint density at radius 1 is 1.07 bits per heavy atom. The molecule has 3 unspecified atom stereocenters. The van der Waals surface area contributed by atoms with Crippen molar-refractivity contribution < 1.29 is 0 Å². The first-order valence-corrected chi connectivity index (χ1v) is 6.48. The van der Waals surface area contributed by atoms with Crippen molar-refractivity contribution in [1.29, 1.82) is 5.41 Å². The van der Waals surface area contributed by atoms with Gasteiger partial charge in [-0.25, -0.2) is 0 Å². The molecule has 0 aromatic carbocycles. The lowest BCUT2D eigenvalue weighted by Crippen LogP contribution is -2.23. The van der Waals surface area contributed by atoms with Gasteiger partial charge in [0.1, 0.15) is 0 Å². The first kappa shape index (κ1) is 14.7. The highest BCUT2D eigenvalue weighted by Gasteiger charge is 2.22. The molecule has 0 aliphatic heterocycles. The van der Waals surface area contributed by atoms with Crippen molar-refractivity contribution in [3.8, 4) is 0 Å². The Bertz CT molecular complexity index is 182. The molecule has 0 amide bonds. The maximum Gasteiger partial charge on any atom is 0.00891 e. The second-order valence-electron chi connectivity index (χ2n) is 5.23. The van der Waals surface area contributed by atoms with Gasteiger partial charge in [-0.1, -0.05) is 47.5 Å². The molecule has 0 aliphatic rings. The van der Waals surface area contributed by atoms with Gasteiger partial charge in [0.25, 0.3) is 0 Å². The summed E-state index contributed by atoms with van der Waals surface area (Å²) in [5.74, 6) is 2.70. The topological polar surface area (TPSA) is 23.9 Å². The fraction of sp³-hybridized carbons (Fsp3) is 0.929. The molecule has 0 bridgehead atoms. The zero-order valence-electron chi connectivity index (χ0n) is 11.4. The first-order valence-electron chi connectivity index (χ1n) is 6.48.